The molecule has 6 nitrogen and oxygen atoms in total. The molecule has 1 amide bonds. The first-order chi connectivity index (χ1) is 12.2. The van der Waals surface area contributed by atoms with Gasteiger partial charge in [0.05, 0.1) is 0 Å². The number of carbonyl (C=O) groups is 1. The van der Waals surface area contributed by atoms with Crippen LogP contribution < -0.4 is 9.47 Å². The van der Waals surface area contributed by atoms with Crippen molar-refractivity contribution in [2.75, 3.05) is 19.9 Å². The molecule has 4 rings (SSSR count). The zero-order valence-electron chi connectivity index (χ0n) is 14.0. The number of carbonyl (C=O) groups excluding carboxylic acids is 1. The Morgan fingerprint density at radius 1 is 1.32 bits per heavy atom. The predicted molar refractivity (Wildman–Crippen MR) is 94.8 cm³/mol. The van der Waals surface area contributed by atoms with Gasteiger partial charge in [-0.05, 0) is 43.5 Å². The summed E-state index contributed by atoms with van der Waals surface area (Å²) in [7, 11) is 0. The molecule has 0 aliphatic carbocycles. The lowest BCUT2D eigenvalue weighted by Crippen LogP contribution is -2.38. The summed E-state index contributed by atoms with van der Waals surface area (Å²) in [6, 6.07) is 5.66. The number of aromatic nitrogens is 2. The molecule has 1 unspecified atom stereocenters. The molecule has 7 heteroatoms. The quantitative estimate of drug-likeness (QED) is 0.790. The summed E-state index contributed by atoms with van der Waals surface area (Å²) in [4.78, 5) is 14.4. The van der Waals surface area contributed by atoms with E-state index in [1.165, 1.54) is 0 Å². The number of benzene rings is 1. The van der Waals surface area contributed by atoms with Crippen molar-refractivity contribution in [1.82, 2.24) is 15.1 Å². The van der Waals surface area contributed by atoms with Gasteiger partial charge in [-0.1, -0.05) is 6.07 Å². The molecule has 0 spiro atoms. The Hall–Kier alpha value is -2.41. The third-order valence-corrected chi connectivity index (χ3v) is 5.44. The first-order valence-electron chi connectivity index (χ1n) is 8.36. The van der Waals surface area contributed by atoms with Crippen molar-refractivity contribution in [3.63, 3.8) is 0 Å². The van der Waals surface area contributed by atoms with Crippen LogP contribution in [0.5, 0.6) is 11.5 Å². The molecule has 0 saturated carbocycles. The van der Waals surface area contributed by atoms with Crippen LogP contribution in [0.1, 0.15) is 34.3 Å². The normalized spacial score (nSPS) is 19.6. The Morgan fingerprint density at radius 2 is 2.20 bits per heavy atom. The summed E-state index contributed by atoms with van der Waals surface area (Å²) in [5.41, 5.74) is 0.922. The highest BCUT2D eigenvalue weighted by molar-refractivity contribution is 7.11. The van der Waals surface area contributed by atoms with Gasteiger partial charge in [-0.3, -0.25) is 4.79 Å². The minimum atomic E-state index is 0.0311. The second kappa shape index (κ2) is 6.84. The first-order valence-corrected chi connectivity index (χ1v) is 9.17. The highest BCUT2D eigenvalue weighted by Crippen LogP contribution is 2.33. The van der Waals surface area contributed by atoms with Gasteiger partial charge in [-0.15, -0.1) is 21.5 Å². The first kappa shape index (κ1) is 16.1. The Balaban J connectivity index is 1.42. The molecular weight excluding hydrogens is 338 g/mol. The van der Waals surface area contributed by atoms with E-state index in [0.29, 0.717) is 12.5 Å². The SMILES string of the molecule is Cc1nnc(C2CCCN(C(=O)/C=C/c3ccc4c(c3)OCO4)C2)s1. The molecule has 1 atom stereocenters. The molecule has 25 heavy (non-hydrogen) atoms. The molecule has 2 aliphatic heterocycles. The van der Waals surface area contributed by atoms with Crippen molar-refractivity contribution < 1.29 is 14.3 Å². The van der Waals surface area contributed by atoms with Crippen LogP contribution in [0.3, 0.4) is 0 Å². The van der Waals surface area contributed by atoms with Gasteiger partial charge in [-0.25, -0.2) is 0 Å². The zero-order chi connectivity index (χ0) is 17.2. The van der Waals surface area contributed by atoms with Gasteiger partial charge in [0.15, 0.2) is 11.5 Å². The van der Waals surface area contributed by atoms with Crippen LogP contribution in [0, 0.1) is 6.92 Å². The Kier molecular flexibility index (Phi) is 4.40. The molecule has 0 N–H and O–H groups in total. The molecule has 1 aromatic heterocycles. The number of fused-ring (bicyclic) bond motifs is 1. The van der Waals surface area contributed by atoms with Crippen LogP contribution in [0.25, 0.3) is 6.08 Å². The highest BCUT2D eigenvalue weighted by atomic mass is 32.1. The number of hydrogen-bond donors (Lipinski definition) is 0. The smallest absolute Gasteiger partial charge is 0.246 e. The summed E-state index contributed by atoms with van der Waals surface area (Å²) in [6.07, 6.45) is 5.51. The summed E-state index contributed by atoms with van der Waals surface area (Å²) >= 11 is 1.63. The average molecular weight is 357 g/mol. The van der Waals surface area contributed by atoms with Gasteiger partial charge in [-0.2, -0.15) is 0 Å². The summed E-state index contributed by atoms with van der Waals surface area (Å²) in [5.74, 6) is 1.79. The van der Waals surface area contributed by atoms with Crippen LogP contribution >= 0.6 is 11.3 Å². The number of rotatable bonds is 3. The van der Waals surface area contributed by atoms with E-state index >= 15 is 0 Å². The van der Waals surface area contributed by atoms with E-state index in [4.69, 9.17) is 9.47 Å². The fraction of sp³-hybridized carbons (Fsp3) is 0.389. The van der Waals surface area contributed by atoms with E-state index in [1.54, 1.807) is 17.4 Å². The lowest BCUT2D eigenvalue weighted by atomic mass is 9.98. The summed E-state index contributed by atoms with van der Waals surface area (Å²) < 4.78 is 10.7. The van der Waals surface area contributed by atoms with Crippen molar-refractivity contribution in [2.45, 2.75) is 25.7 Å². The number of amides is 1. The Bertz CT molecular complexity index is 818. The maximum absolute atomic E-state index is 12.5. The second-order valence-electron chi connectivity index (χ2n) is 6.23. The molecule has 2 aliphatic rings. The maximum Gasteiger partial charge on any atom is 0.246 e. The van der Waals surface area contributed by atoms with E-state index in [9.17, 15) is 4.79 Å². The van der Waals surface area contributed by atoms with Crippen molar-refractivity contribution in [2.24, 2.45) is 0 Å². The summed E-state index contributed by atoms with van der Waals surface area (Å²) in [6.45, 7) is 3.71. The molecule has 3 heterocycles. The Labute approximate surface area is 150 Å². The van der Waals surface area contributed by atoms with Crippen molar-refractivity contribution >= 4 is 23.3 Å². The standard InChI is InChI=1S/C18H19N3O3S/c1-12-19-20-18(25-12)14-3-2-8-21(10-14)17(22)7-5-13-4-6-15-16(9-13)24-11-23-15/h4-7,9,14H,2-3,8,10-11H2,1H3/b7-5+. The fourth-order valence-corrected chi connectivity index (χ4v) is 3.97. The number of ether oxygens (including phenoxy) is 2. The lowest BCUT2D eigenvalue weighted by Gasteiger charge is -2.30. The van der Waals surface area contributed by atoms with E-state index < -0.39 is 0 Å². The summed E-state index contributed by atoms with van der Waals surface area (Å²) in [5, 5.41) is 10.4. The van der Waals surface area contributed by atoms with Gasteiger partial charge >= 0.3 is 0 Å². The largest absolute Gasteiger partial charge is 0.454 e. The Morgan fingerprint density at radius 3 is 3.04 bits per heavy atom. The number of nitrogens with zero attached hydrogens (tertiary/aromatic N) is 3. The monoisotopic (exact) mass is 357 g/mol. The minimum absolute atomic E-state index is 0.0311. The fourth-order valence-electron chi connectivity index (χ4n) is 3.15. The molecule has 0 bridgehead atoms. The van der Waals surface area contributed by atoms with Gasteiger partial charge in [0.25, 0.3) is 0 Å². The molecule has 0 radical (unpaired) electrons. The van der Waals surface area contributed by atoms with Crippen molar-refractivity contribution in [3.05, 3.63) is 39.9 Å². The third-order valence-electron chi connectivity index (χ3n) is 4.44. The van der Waals surface area contributed by atoms with Gasteiger partial charge in [0.1, 0.15) is 10.0 Å². The van der Waals surface area contributed by atoms with Crippen LogP contribution in [-0.4, -0.2) is 40.9 Å². The maximum atomic E-state index is 12.5. The minimum Gasteiger partial charge on any atom is -0.454 e. The predicted octanol–water partition coefficient (Wildman–Crippen LogP) is 2.99. The van der Waals surface area contributed by atoms with Gasteiger partial charge in [0, 0.05) is 25.1 Å². The van der Waals surface area contributed by atoms with Gasteiger partial charge < -0.3 is 14.4 Å². The van der Waals surface area contributed by atoms with Crippen molar-refractivity contribution in [3.8, 4) is 11.5 Å². The third kappa shape index (κ3) is 3.51. The van der Waals surface area contributed by atoms with Crippen LogP contribution in [-0.2, 0) is 4.79 Å². The van der Waals surface area contributed by atoms with E-state index in [2.05, 4.69) is 10.2 Å². The molecule has 1 saturated heterocycles. The second-order valence-corrected chi connectivity index (χ2v) is 7.44. The average Bonchev–Trinajstić information content (AvgIpc) is 3.28. The number of likely N-dealkylation sites (tertiary alicyclic amines) is 1. The lowest BCUT2D eigenvalue weighted by molar-refractivity contribution is -0.127. The van der Waals surface area contributed by atoms with Crippen LogP contribution in [0.4, 0.5) is 0 Å². The zero-order valence-corrected chi connectivity index (χ0v) is 14.8. The highest BCUT2D eigenvalue weighted by Gasteiger charge is 2.26. The van der Waals surface area contributed by atoms with Crippen molar-refractivity contribution in [1.29, 1.82) is 0 Å². The molecular formula is C18H19N3O3S. The van der Waals surface area contributed by atoms with Crippen LogP contribution in [0.15, 0.2) is 24.3 Å². The number of piperidine rings is 1. The van der Waals surface area contributed by atoms with E-state index in [1.807, 2.05) is 36.1 Å². The molecule has 1 aromatic carbocycles. The number of hydrogen-bond acceptors (Lipinski definition) is 6. The van der Waals surface area contributed by atoms with E-state index in [0.717, 1.165) is 46.5 Å². The van der Waals surface area contributed by atoms with E-state index in [-0.39, 0.29) is 12.7 Å². The topological polar surface area (TPSA) is 64.6 Å². The van der Waals surface area contributed by atoms with Crippen LogP contribution in [0.2, 0.25) is 0 Å². The molecule has 2 aromatic rings. The molecule has 130 valence electrons. The molecule has 1 fully saturated rings. The number of aryl methyl sites for hydroxylation is 1. The van der Waals surface area contributed by atoms with Gasteiger partial charge in [0.2, 0.25) is 12.7 Å².